The van der Waals surface area contributed by atoms with Crippen LogP contribution in [0, 0.1) is 20.8 Å². The molecule has 0 amide bonds. The fourth-order valence-corrected chi connectivity index (χ4v) is 4.01. The van der Waals surface area contributed by atoms with E-state index in [-0.39, 0.29) is 6.04 Å². The molecule has 108 valence electrons. The standard InChI is InChI=1S/C16H27NOS/c1-6-8-19(18)11-15(17-7-2)16-13(4)9-12(3)10-14(16)5/h9-10,15,17H,6-8,11H2,1-5H3. The first-order valence-corrected chi connectivity index (χ1v) is 8.64. The lowest BCUT2D eigenvalue weighted by atomic mass is 9.95. The number of hydrogen-bond donors (Lipinski definition) is 1. The molecule has 0 fully saturated rings. The van der Waals surface area contributed by atoms with Gasteiger partial charge < -0.3 is 5.32 Å². The molecule has 2 atom stereocenters. The van der Waals surface area contributed by atoms with E-state index in [0.717, 1.165) is 18.7 Å². The summed E-state index contributed by atoms with van der Waals surface area (Å²) in [5.41, 5.74) is 5.23. The molecule has 0 aromatic heterocycles. The maximum atomic E-state index is 12.1. The summed E-state index contributed by atoms with van der Waals surface area (Å²) in [4.78, 5) is 0. The smallest absolute Gasteiger partial charge is 0.0442 e. The molecule has 0 aliphatic rings. The Labute approximate surface area is 120 Å². The monoisotopic (exact) mass is 281 g/mol. The third-order valence-electron chi connectivity index (χ3n) is 3.32. The molecule has 0 heterocycles. The van der Waals surface area contributed by atoms with E-state index in [2.05, 4.69) is 52.1 Å². The minimum absolute atomic E-state index is 0.206. The predicted octanol–water partition coefficient (Wildman–Crippen LogP) is 3.42. The maximum Gasteiger partial charge on any atom is 0.0442 e. The van der Waals surface area contributed by atoms with Crippen molar-refractivity contribution in [2.45, 2.75) is 47.1 Å². The van der Waals surface area contributed by atoms with Gasteiger partial charge in [0, 0.05) is 28.3 Å². The summed E-state index contributed by atoms with van der Waals surface area (Å²) < 4.78 is 12.1. The van der Waals surface area contributed by atoms with Gasteiger partial charge in [-0.2, -0.15) is 0 Å². The minimum atomic E-state index is -0.736. The first-order chi connectivity index (χ1) is 8.99. The molecule has 0 radical (unpaired) electrons. The summed E-state index contributed by atoms with van der Waals surface area (Å²) in [5, 5.41) is 3.50. The van der Waals surface area contributed by atoms with Gasteiger partial charge in [0.1, 0.15) is 0 Å². The Morgan fingerprint density at radius 1 is 1.16 bits per heavy atom. The number of hydrogen-bond acceptors (Lipinski definition) is 2. The van der Waals surface area contributed by atoms with Crippen molar-refractivity contribution in [3.8, 4) is 0 Å². The zero-order chi connectivity index (χ0) is 14.4. The molecular weight excluding hydrogens is 254 g/mol. The van der Waals surface area contributed by atoms with Gasteiger partial charge in [0.15, 0.2) is 0 Å². The molecule has 1 rings (SSSR count). The molecule has 1 aromatic carbocycles. The Bertz CT molecular complexity index is 419. The lowest BCUT2D eigenvalue weighted by Gasteiger charge is -2.22. The summed E-state index contributed by atoms with van der Waals surface area (Å²) in [6.45, 7) is 11.5. The number of aryl methyl sites for hydroxylation is 3. The van der Waals surface area contributed by atoms with Crippen LogP contribution in [0.3, 0.4) is 0 Å². The summed E-state index contributed by atoms with van der Waals surface area (Å²) in [7, 11) is -0.736. The fourth-order valence-electron chi connectivity index (χ4n) is 2.73. The Morgan fingerprint density at radius 3 is 2.21 bits per heavy atom. The van der Waals surface area contributed by atoms with E-state index in [9.17, 15) is 4.21 Å². The Morgan fingerprint density at radius 2 is 1.74 bits per heavy atom. The molecule has 0 aliphatic carbocycles. The second-order valence-corrected chi connectivity index (χ2v) is 6.85. The largest absolute Gasteiger partial charge is 0.309 e. The van der Waals surface area contributed by atoms with Crippen LogP contribution in [0.15, 0.2) is 12.1 Å². The Hall–Kier alpha value is -0.670. The van der Waals surface area contributed by atoms with Crippen LogP contribution in [0.4, 0.5) is 0 Å². The third kappa shape index (κ3) is 4.73. The van der Waals surface area contributed by atoms with E-state index in [1.165, 1.54) is 22.3 Å². The summed E-state index contributed by atoms with van der Waals surface area (Å²) in [6, 6.07) is 4.64. The highest BCUT2D eigenvalue weighted by Crippen LogP contribution is 2.24. The summed E-state index contributed by atoms with van der Waals surface area (Å²) in [5.74, 6) is 1.51. The maximum absolute atomic E-state index is 12.1. The molecule has 2 unspecified atom stereocenters. The average molecular weight is 281 g/mol. The first kappa shape index (κ1) is 16.4. The molecule has 0 spiro atoms. The SMILES string of the molecule is CCCS(=O)CC(NCC)c1c(C)cc(C)cc1C. The van der Waals surface area contributed by atoms with Crippen LogP contribution in [-0.4, -0.2) is 22.3 Å². The van der Waals surface area contributed by atoms with Crippen molar-refractivity contribution in [3.63, 3.8) is 0 Å². The molecule has 0 bridgehead atoms. The van der Waals surface area contributed by atoms with Crippen molar-refractivity contribution in [1.82, 2.24) is 5.32 Å². The van der Waals surface area contributed by atoms with E-state index in [0.29, 0.717) is 5.75 Å². The molecule has 0 saturated carbocycles. The molecule has 1 aromatic rings. The van der Waals surface area contributed by atoms with Gasteiger partial charge in [-0.1, -0.05) is 31.5 Å². The van der Waals surface area contributed by atoms with Gasteiger partial charge in [0.2, 0.25) is 0 Å². The van der Waals surface area contributed by atoms with E-state index >= 15 is 0 Å². The van der Waals surface area contributed by atoms with Gasteiger partial charge in [-0.15, -0.1) is 0 Å². The van der Waals surface area contributed by atoms with Gasteiger partial charge >= 0.3 is 0 Å². The van der Waals surface area contributed by atoms with Crippen molar-refractivity contribution in [1.29, 1.82) is 0 Å². The van der Waals surface area contributed by atoms with Crippen molar-refractivity contribution in [2.24, 2.45) is 0 Å². The highest BCUT2D eigenvalue weighted by molar-refractivity contribution is 7.85. The molecule has 3 heteroatoms. The van der Waals surface area contributed by atoms with Crippen LogP contribution >= 0.6 is 0 Å². The Kier molecular flexibility index (Phi) is 6.73. The van der Waals surface area contributed by atoms with Gasteiger partial charge in [0.25, 0.3) is 0 Å². The van der Waals surface area contributed by atoms with Gasteiger partial charge in [0.05, 0.1) is 0 Å². The fraction of sp³-hybridized carbons (Fsp3) is 0.625. The predicted molar refractivity (Wildman–Crippen MR) is 85.2 cm³/mol. The van der Waals surface area contributed by atoms with Crippen LogP contribution in [0.25, 0.3) is 0 Å². The van der Waals surface area contributed by atoms with Crippen LogP contribution in [0.2, 0.25) is 0 Å². The second-order valence-electron chi connectivity index (χ2n) is 5.23. The lowest BCUT2D eigenvalue weighted by Crippen LogP contribution is -2.28. The van der Waals surface area contributed by atoms with Crippen molar-refractivity contribution in [3.05, 3.63) is 34.4 Å². The number of rotatable bonds is 7. The quantitative estimate of drug-likeness (QED) is 0.829. The molecule has 0 saturated heterocycles. The van der Waals surface area contributed by atoms with Gasteiger partial charge in [-0.3, -0.25) is 4.21 Å². The topological polar surface area (TPSA) is 29.1 Å². The van der Waals surface area contributed by atoms with Crippen molar-refractivity contribution >= 4 is 10.8 Å². The molecule has 2 nitrogen and oxygen atoms in total. The van der Waals surface area contributed by atoms with Crippen LogP contribution in [-0.2, 0) is 10.8 Å². The molecule has 1 N–H and O–H groups in total. The molecular formula is C16H27NOS. The summed E-state index contributed by atoms with van der Waals surface area (Å²) in [6.07, 6.45) is 0.983. The number of nitrogens with one attached hydrogen (secondary N) is 1. The second kappa shape index (κ2) is 7.81. The van der Waals surface area contributed by atoms with Crippen LogP contribution in [0.1, 0.15) is 48.6 Å². The highest BCUT2D eigenvalue weighted by Gasteiger charge is 2.18. The molecule has 19 heavy (non-hydrogen) atoms. The highest BCUT2D eigenvalue weighted by atomic mass is 32.2. The number of benzene rings is 1. The zero-order valence-electron chi connectivity index (χ0n) is 12.9. The van der Waals surface area contributed by atoms with E-state index in [4.69, 9.17) is 0 Å². The Balaban J connectivity index is 3.02. The van der Waals surface area contributed by atoms with Crippen LogP contribution < -0.4 is 5.32 Å². The van der Waals surface area contributed by atoms with E-state index < -0.39 is 10.8 Å². The first-order valence-electron chi connectivity index (χ1n) is 7.15. The minimum Gasteiger partial charge on any atom is -0.309 e. The van der Waals surface area contributed by atoms with Crippen LogP contribution in [0.5, 0.6) is 0 Å². The summed E-state index contributed by atoms with van der Waals surface area (Å²) >= 11 is 0. The van der Waals surface area contributed by atoms with Gasteiger partial charge in [-0.05, 0) is 50.4 Å². The zero-order valence-corrected chi connectivity index (χ0v) is 13.7. The average Bonchev–Trinajstić information content (AvgIpc) is 2.27. The van der Waals surface area contributed by atoms with E-state index in [1.54, 1.807) is 0 Å². The van der Waals surface area contributed by atoms with E-state index in [1.807, 2.05) is 0 Å². The van der Waals surface area contributed by atoms with Crippen molar-refractivity contribution < 1.29 is 4.21 Å². The lowest BCUT2D eigenvalue weighted by molar-refractivity contribution is 0.589. The molecule has 0 aliphatic heterocycles. The normalized spacial score (nSPS) is 14.4. The van der Waals surface area contributed by atoms with Gasteiger partial charge in [-0.25, -0.2) is 0 Å². The van der Waals surface area contributed by atoms with Crippen molar-refractivity contribution in [2.75, 3.05) is 18.1 Å². The third-order valence-corrected chi connectivity index (χ3v) is 4.89.